The van der Waals surface area contributed by atoms with Crippen LogP contribution < -0.4 is 5.32 Å². The molecular formula is C18H33N3. The number of nitrogens with zero attached hydrogens (tertiary/aromatic N) is 2. The van der Waals surface area contributed by atoms with E-state index in [9.17, 15) is 0 Å². The molecule has 1 N–H and O–H groups in total. The van der Waals surface area contributed by atoms with Gasteiger partial charge in [-0.05, 0) is 44.2 Å². The highest BCUT2D eigenvalue weighted by molar-refractivity contribution is 5.11. The van der Waals surface area contributed by atoms with Crippen LogP contribution in [0.4, 0.5) is 0 Å². The van der Waals surface area contributed by atoms with Gasteiger partial charge in [0.05, 0.1) is 5.69 Å². The first-order chi connectivity index (χ1) is 10.2. The lowest BCUT2D eigenvalue weighted by atomic mass is 9.96. The highest BCUT2D eigenvalue weighted by Gasteiger charge is 2.18. The summed E-state index contributed by atoms with van der Waals surface area (Å²) in [5, 5.41) is 8.34. The number of nitrogens with one attached hydrogen (secondary N) is 1. The fourth-order valence-corrected chi connectivity index (χ4v) is 3.55. The highest BCUT2D eigenvalue weighted by atomic mass is 15.3. The lowest BCUT2D eigenvalue weighted by Crippen LogP contribution is -2.32. The molecule has 0 amide bonds. The predicted octanol–water partition coefficient (Wildman–Crippen LogP) is 3.86. The van der Waals surface area contributed by atoms with Gasteiger partial charge in [-0.15, -0.1) is 0 Å². The Bertz CT molecular complexity index is 405. The Morgan fingerprint density at radius 3 is 2.71 bits per heavy atom. The Kier molecular flexibility index (Phi) is 6.75. The third-order valence-electron chi connectivity index (χ3n) is 4.93. The summed E-state index contributed by atoms with van der Waals surface area (Å²) in [6.07, 6.45) is 11.9. The fraction of sp³-hybridized carbons (Fsp3) is 0.833. The standard InChI is InChI=1S/C18H33N3/c1-4-12-19-17(11-10-15-8-6-7-9-15)14-18-13-16(5-2)20-21(18)3/h13,15,17,19H,4-12,14H2,1-3H3. The van der Waals surface area contributed by atoms with Crippen molar-refractivity contribution in [2.45, 2.75) is 77.7 Å². The average Bonchev–Trinajstić information content (AvgIpc) is 3.12. The van der Waals surface area contributed by atoms with Crippen LogP contribution in [0.1, 0.15) is 70.2 Å². The molecule has 3 heteroatoms. The summed E-state index contributed by atoms with van der Waals surface area (Å²) >= 11 is 0. The molecule has 0 bridgehead atoms. The summed E-state index contributed by atoms with van der Waals surface area (Å²) < 4.78 is 2.08. The van der Waals surface area contributed by atoms with Gasteiger partial charge in [-0.3, -0.25) is 4.68 Å². The molecule has 1 fully saturated rings. The van der Waals surface area contributed by atoms with E-state index >= 15 is 0 Å². The second-order valence-electron chi connectivity index (χ2n) is 6.69. The van der Waals surface area contributed by atoms with Crippen molar-refractivity contribution in [1.29, 1.82) is 0 Å². The Balaban J connectivity index is 1.89. The van der Waals surface area contributed by atoms with Gasteiger partial charge in [-0.1, -0.05) is 39.5 Å². The van der Waals surface area contributed by atoms with Crippen molar-refractivity contribution in [2.24, 2.45) is 13.0 Å². The second-order valence-corrected chi connectivity index (χ2v) is 6.69. The molecule has 1 aliphatic carbocycles. The van der Waals surface area contributed by atoms with Crippen LogP contribution in [0.25, 0.3) is 0 Å². The van der Waals surface area contributed by atoms with Crippen molar-refractivity contribution < 1.29 is 0 Å². The molecule has 0 saturated heterocycles. The molecule has 1 aromatic heterocycles. The SMILES string of the molecule is CCCNC(CCC1CCCC1)Cc1cc(CC)nn1C. The first-order valence-electron chi connectivity index (χ1n) is 8.98. The molecule has 0 spiro atoms. The molecule has 1 heterocycles. The summed E-state index contributed by atoms with van der Waals surface area (Å²) in [6.45, 7) is 5.56. The maximum Gasteiger partial charge on any atom is 0.0624 e. The monoisotopic (exact) mass is 291 g/mol. The zero-order chi connectivity index (χ0) is 15.1. The topological polar surface area (TPSA) is 29.9 Å². The summed E-state index contributed by atoms with van der Waals surface area (Å²) in [4.78, 5) is 0. The van der Waals surface area contributed by atoms with Gasteiger partial charge in [0, 0.05) is 25.2 Å². The Labute approximate surface area is 130 Å². The first kappa shape index (κ1) is 16.5. The van der Waals surface area contributed by atoms with Crippen molar-refractivity contribution in [1.82, 2.24) is 15.1 Å². The third kappa shape index (κ3) is 5.14. The maximum absolute atomic E-state index is 4.59. The zero-order valence-electron chi connectivity index (χ0n) is 14.2. The molecule has 2 rings (SSSR count). The number of rotatable bonds is 9. The normalized spacial score (nSPS) is 17.5. The fourth-order valence-electron chi connectivity index (χ4n) is 3.55. The molecule has 1 atom stereocenters. The largest absolute Gasteiger partial charge is 0.314 e. The van der Waals surface area contributed by atoms with Gasteiger partial charge in [-0.25, -0.2) is 0 Å². The minimum atomic E-state index is 0.616. The van der Waals surface area contributed by atoms with Crippen LogP contribution in [0, 0.1) is 5.92 Å². The molecule has 120 valence electrons. The lowest BCUT2D eigenvalue weighted by molar-refractivity contribution is 0.397. The van der Waals surface area contributed by atoms with E-state index in [1.54, 1.807) is 0 Å². The Hall–Kier alpha value is -0.830. The van der Waals surface area contributed by atoms with Crippen LogP contribution >= 0.6 is 0 Å². The molecule has 21 heavy (non-hydrogen) atoms. The average molecular weight is 291 g/mol. The Morgan fingerprint density at radius 2 is 2.10 bits per heavy atom. The summed E-state index contributed by atoms with van der Waals surface area (Å²) in [6, 6.07) is 2.90. The minimum absolute atomic E-state index is 0.616. The van der Waals surface area contributed by atoms with E-state index in [1.807, 2.05) is 0 Å². The highest BCUT2D eigenvalue weighted by Crippen LogP contribution is 2.29. The number of aryl methyl sites for hydroxylation is 2. The number of aromatic nitrogens is 2. The lowest BCUT2D eigenvalue weighted by Gasteiger charge is -2.20. The van der Waals surface area contributed by atoms with Gasteiger partial charge in [-0.2, -0.15) is 5.10 Å². The molecule has 1 aliphatic rings. The van der Waals surface area contributed by atoms with Crippen LogP contribution in [0.15, 0.2) is 6.07 Å². The van der Waals surface area contributed by atoms with Gasteiger partial charge in [0.15, 0.2) is 0 Å². The van der Waals surface area contributed by atoms with E-state index in [1.165, 1.54) is 56.3 Å². The van der Waals surface area contributed by atoms with Crippen LogP contribution in [-0.4, -0.2) is 22.4 Å². The van der Waals surface area contributed by atoms with Crippen molar-refractivity contribution in [3.63, 3.8) is 0 Å². The van der Waals surface area contributed by atoms with Gasteiger partial charge in [0.25, 0.3) is 0 Å². The quantitative estimate of drug-likeness (QED) is 0.748. The molecule has 1 unspecified atom stereocenters. The van der Waals surface area contributed by atoms with Gasteiger partial charge in [0.2, 0.25) is 0 Å². The molecule has 1 saturated carbocycles. The van der Waals surface area contributed by atoms with Gasteiger partial charge >= 0.3 is 0 Å². The predicted molar refractivity (Wildman–Crippen MR) is 89.6 cm³/mol. The van der Waals surface area contributed by atoms with Crippen molar-refractivity contribution in [2.75, 3.05) is 6.54 Å². The molecule has 1 aromatic rings. The van der Waals surface area contributed by atoms with Crippen molar-refractivity contribution >= 4 is 0 Å². The Morgan fingerprint density at radius 1 is 1.33 bits per heavy atom. The van der Waals surface area contributed by atoms with E-state index in [-0.39, 0.29) is 0 Å². The maximum atomic E-state index is 4.59. The van der Waals surface area contributed by atoms with Crippen LogP contribution in [0.5, 0.6) is 0 Å². The number of hydrogen-bond donors (Lipinski definition) is 1. The van der Waals surface area contributed by atoms with E-state index < -0.39 is 0 Å². The molecule has 0 aromatic carbocycles. The van der Waals surface area contributed by atoms with Crippen LogP contribution in [-0.2, 0) is 19.9 Å². The van der Waals surface area contributed by atoms with Crippen LogP contribution in [0.2, 0.25) is 0 Å². The van der Waals surface area contributed by atoms with Gasteiger partial charge < -0.3 is 5.32 Å². The number of hydrogen-bond acceptors (Lipinski definition) is 2. The van der Waals surface area contributed by atoms with Crippen LogP contribution in [0.3, 0.4) is 0 Å². The van der Waals surface area contributed by atoms with E-state index in [0.29, 0.717) is 6.04 Å². The third-order valence-corrected chi connectivity index (χ3v) is 4.93. The second kappa shape index (κ2) is 8.57. The minimum Gasteiger partial charge on any atom is -0.314 e. The zero-order valence-corrected chi connectivity index (χ0v) is 14.2. The van der Waals surface area contributed by atoms with Crippen molar-refractivity contribution in [3.05, 3.63) is 17.5 Å². The first-order valence-corrected chi connectivity index (χ1v) is 8.98. The summed E-state index contributed by atoms with van der Waals surface area (Å²) in [7, 11) is 2.09. The molecule has 0 aliphatic heterocycles. The van der Waals surface area contributed by atoms with E-state index in [2.05, 4.69) is 42.1 Å². The molecular weight excluding hydrogens is 258 g/mol. The molecule has 3 nitrogen and oxygen atoms in total. The molecule has 0 radical (unpaired) electrons. The summed E-state index contributed by atoms with van der Waals surface area (Å²) in [5.41, 5.74) is 2.60. The van der Waals surface area contributed by atoms with E-state index in [0.717, 1.165) is 25.3 Å². The van der Waals surface area contributed by atoms with Crippen molar-refractivity contribution in [3.8, 4) is 0 Å². The summed E-state index contributed by atoms with van der Waals surface area (Å²) in [5.74, 6) is 0.994. The van der Waals surface area contributed by atoms with Gasteiger partial charge in [0.1, 0.15) is 0 Å². The smallest absolute Gasteiger partial charge is 0.0624 e. The van der Waals surface area contributed by atoms with E-state index in [4.69, 9.17) is 0 Å².